The molecule has 0 amide bonds. The Kier molecular flexibility index (Phi) is 5.86. The summed E-state index contributed by atoms with van der Waals surface area (Å²) in [6.07, 6.45) is 2.83. The third kappa shape index (κ3) is 4.80. The van der Waals surface area contributed by atoms with Crippen molar-refractivity contribution in [2.45, 2.75) is 45.1 Å². The van der Waals surface area contributed by atoms with Crippen LogP contribution in [0.25, 0.3) is 0 Å². The van der Waals surface area contributed by atoms with E-state index in [0.29, 0.717) is 18.4 Å². The van der Waals surface area contributed by atoms with E-state index in [1.54, 1.807) is 0 Å². The maximum atomic E-state index is 10.1. The quantitative estimate of drug-likeness (QED) is 0.840. The molecule has 112 valence electrons. The molecular weight excluding hydrogens is 250 g/mol. The van der Waals surface area contributed by atoms with E-state index in [9.17, 15) is 5.11 Å². The van der Waals surface area contributed by atoms with Crippen LogP contribution >= 0.6 is 0 Å². The van der Waals surface area contributed by atoms with E-state index >= 15 is 0 Å². The normalized spacial score (nSPS) is 18.2. The molecule has 1 aliphatic rings. The molecule has 0 spiro atoms. The predicted molar refractivity (Wildman–Crippen MR) is 82.2 cm³/mol. The fraction of sp³-hybridized carbons (Fsp3) is 0.647. The molecule has 2 rings (SSSR count). The number of piperidine rings is 1. The standard InChI is InChI=1S/C17H27NO2/c1-13(2)15-3-5-17(6-4-15)20-12-16(19)11-14-7-9-18-10-8-14/h3-6,13-14,16,18-19H,7-12H2,1-2H3. The Morgan fingerprint density at radius 2 is 1.85 bits per heavy atom. The van der Waals surface area contributed by atoms with E-state index < -0.39 is 0 Å². The van der Waals surface area contributed by atoms with Gasteiger partial charge in [0.1, 0.15) is 12.4 Å². The number of hydrogen-bond acceptors (Lipinski definition) is 3. The van der Waals surface area contributed by atoms with Gasteiger partial charge in [-0.25, -0.2) is 0 Å². The first-order valence-electron chi connectivity index (χ1n) is 7.76. The third-order valence-corrected chi connectivity index (χ3v) is 4.05. The highest BCUT2D eigenvalue weighted by Gasteiger charge is 2.17. The minimum Gasteiger partial charge on any atom is -0.491 e. The number of aliphatic hydroxyl groups is 1. The van der Waals surface area contributed by atoms with Gasteiger partial charge in [0.2, 0.25) is 0 Å². The van der Waals surface area contributed by atoms with Gasteiger partial charge in [-0.2, -0.15) is 0 Å². The summed E-state index contributed by atoms with van der Waals surface area (Å²) >= 11 is 0. The van der Waals surface area contributed by atoms with Crippen LogP contribution in [0.4, 0.5) is 0 Å². The Balaban J connectivity index is 1.73. The summed E-state index contributed by atoms with van der Waals surface area (Å²) in [7, 11) is 0. The molecule has 20 heavy (non-hydrogen) atoms. The Morgan fingerprint density at radius 3 is 2.45 bits per heavy atom. The molecule has 0 aliphatic carbocycles. The lowest BCUT2D eigenvalue weighted by Crippen LogP contribution is -2.31. The molecule has 1 aromatic carbocycles. The van der Waals surface area contributed by atoms with Crippen molar-refractivity contribution >= 4 is 0 Å². The van der Waals surface area contributed by atoms with Gasteiger partial charge in [0, 0.05) is 0 Å². The summed E-state index contributed by atoms with van der Waals surface area (Å²) in [6.45, 7) is 6.91. The van der Waals surface area contributed by atoms with Crippen LogP contribution in [0.2, 0.25) is 0 Å². The van der Waals surface area contributed by atoms with Crippen molar-refractivity contribution in [1.29, 1.82) is 0 Å². The third-order valence-electron chi connectivity index (χ3n) is 4.05. The largest absolute Gasteiger partial charge is 0.491 e. The lowest BCUT2D eigenvalue weighted by molar-refractivity contribution is 0.0794. The van der Waals surface area contributed by atoms with Crippen molar-refractivity contribution in [3.63, 3.8) is 0 Å². The van der Waals surface area contributed by atoms with Crippen LogP contribution in [0.15, 0.2) is 24.3 Å². The van der Waals surface area contributed by atoms with E-state index in [1.807, 2.05) is 12.1 Å². The summed E-state index contributed by atoms with van der Waals surface area (Å²) in [4.78, 5) is 0. The van der Waals surface area contributed by atoms with Gasteiger partial charge >= 0.3 is 0 Å². The van der Waals surface area contributed by atoms with Crippen molar-refractivity contribution in [1.82, 2.24) is 5.32 Å². The molecule has 2 N–H and O–H groups in total. The predicted octanol–water partition coefficient (Wildman–Crippen LogP) is 2.94. The smallest absolute Gasteiger partial charge is 0.119 e. The van der Waals surface area contributed by atoms with Gasteiger partial charge in [0.15, 0.2) is 0 Å². The molecule has 1 fully saturated rings. The molecule has 0 aromatic heterocycles. The first-order chi connectivity index (χ1) is 9.65. The summed E-state index contributed by atoms with van der Waals surface area (Å²) in [5, 5.41) is 13.4. The summed E-state index contributed by atoms with van der Waals surface area (Å²) in [5.41, 5.74) is 1.31. The zero-order valence-electron chi connectivity index (χ0n) is 12.6. The second kappa shape index (κ2) is 7.65. The SMILES string of the molecule is CC(C)c1ccc(OCC(O)CC2CCNCC2)cc1. The first kappa shape index (κ1) is 15.3. The molecule has 0 radical (unpaired) electrons. The molecule has 3 heteroatoms. The average Bonchev–Trinajstić information content (AvgIpc) is 2.46. The number of ether oxygens (including phenoxy) is 1. The van der Waals surface area contributed by atoms with Crippen molar-refractivity contribution in [2.75, 3.05) is 19.7 Å². The van der Waals surface area contributed by atoms with Crippen LogP contribution in [0, 0.1) is 5.92 Å². The van der Waals surface area contributed by atoms with Gasteiger partial charge in [0.25, 0.3) is 0 Å². The molecule has 0 saturated carbocycles. The Hall–Kier alpha value is -1.06. The number of hydrogen-bond donors (Lipinski definition) is 2. The van der Waals surface area contributed by atoms with Crippen molar-refractivity contribution in [3.05, 3.63) is 29.8 Å². The van der Waals surface area contributed by atoms with E-state index in [4.69, 9.17) is 4.74 Å². The Morgan fingerprint density at radius 1 is 1.20 bits per heavy atom. The van der Waals surface area contributed by atoms with Crippen LogP contribution in [0.5, 0.6) is 5.75 Å². The van der Waals surface area contributed by atoms with Gasteiger partial charge in [-0.15, -0.1) is 0 Å². The fourth-order valence-corrected chi connectivity index (χ4v) is 2.71. The first-order valence-corrected chi connectivity index (χ1v) is 7.76. The minimum atomic E-state index is -0.358. The van der Waals surface area contributed by atoms with E-state index in [2.05, 4.69) is 31.3 Å². The van der Waals surface area contributed by atoms with Gasteiger partial charge in [-0.1, -0.05) is 26.0 Å². The van der Waals surface area contributed by atoms with Gasteiger partial charge in [-0.3, -0.25) is 0 Å². The van der Waals surface area contributed by atoms with Gasteiger partial charge in [0.05, 0.1) is 6.10 Å². The highest BCUT2D eigenvalue weighted by molar-refractivity contribution is 5.28. The average molecular weight is 277 g/mol. The molecule has 1 atom stereocenters. The van der Waals surface area contributed by atoms with Crippen LogP contribution in [-0.2, 0) is 0 Å². The van der Waals surface area contributed by atoms with E-state index in [0.717, 1.165) is 25.3 Å². The fourth-order valence-electron chi connectivity index (χ4n) is 2.71. The Labute approximate surface area is 122 Å². The summed E-state index contributed by atoms with van der Waals surface area (Å²) in [5.74, 6) is 2.02. The molecule has 1 aromatic rings. The topological polar surface area (TPSA) is 41.5 Å². The lowest BCUT2D eigenvalue weighted by atomic mass is 9.92. The molecule has 1 aliphatic heterocycles. The summed E-state index contributed by atoms with van der Waals surface area (Å²) < 4.78 is 5.68. The number of nitrogens with one attached hydrogen (secondary N) is 1. The summed E-state index contributed by atoms with van der Waals surface area (Å²) in [6, 6.07) is 8.18. The zero-order chi connectivity index (χ0) is 14.4. The maximum absolute atomic E-state index is 10.1. The molecule has 1 heterocycles. The molecule has 3 nitrogen and oxygen atoms in total. The molecule has 1 unspecified atom stereocenters. The van der Waals surface area contributed by atoms with E-state index in [1.165, 1.54) is 18.4 Å². The van der Waals surface area contributed by atoms with Crippen molar-refractivity contribution in [3.8, 4) is 5.75 Å². The lowest BCUT2D eigenvalue weighted by Gasteiger charge is -2.24. The maximum Gasteiger partial charge on any atom is 0.119 e. The minimum absolute atomic E-state index is 0.358. The Bertz CT molecular complexity index is 382. The van der Waals surface area contributed by atoms with Crippen molar-refractivity contribution < 1.29 is 9.84 Å². The highest BCUT2D eigenvalue weighted by Crippen LogP contribution is 2.20. The number of aliphatic hydroxyl groups excluding tert-OH is 1. The highest BCUT2D eigenvalue weighted by atomic mass is 16.5. The molecule has 0 bridgehead atoms. The molecular formula is C17H27NO2. The second-order valence-corrected chi connectivity index (χ2v) is 6.12. The van der Waals surface area contributed by atoms with E-state index in [-0.39, 0.29) is 6.10 Å². The zero-order valence-corrected chi connectivity index (χ0v) is 12.6. The monoisotopic (exact) mass is 277 g/mol. The van der Waals surface area contributed by atoms with Crippen molar-refractivity contribution in [2.24, 2.45) is 5.92 Å². The second-order valence-electron chi connectivity index (χ2n) is 6.12. The van der Waals surface area contributed by atoms with Gasteiger partial charge in [-0.05, 0) is 61.9 Å². The van der Waals surface area contributed by atoms with Gasteiger partial charge < -0.3 is 15.2 Å². The van der Waals surface area contributed by atoms with Crippen LogP contribution in [0.1, 0.15) is 44.6 Å². The number of benzene rings is 1. The van der Waals surface area contributed by atoms with Crippen LogP contribution < -0.4 is 10.1 Å². The molecule has 1 saturated heterocycles. The van der Waals surface area contributed by atoms with Crippen LogP contribution in [-0.4, -0.2) is 30.9 Å². The number of rotatable bonds is 6. The van der Waals surface area contributed by atoms with Crippen LogP contribution in [0.3, 0.4) is 0 Å².